The Balaban J connectivity index is 1.46. The average molecular weight is 629 g/mol. The first kappa shape index (κ1) is 40.1. The summed E-state index contributed by atoms with van der Waals surface area (Å²) in [5.74, 6) is 1.30. The van der Waals surface area contributed by atoms with E-state index >= 15 is 0 Å². The monoisotopic (exact) mass is 629 g/mol. The number of rotatable bonds is 26. The fourth-order valence-electron chi connectivity index (χ4n) is 8.68. The predicted octanol–water partition coefficient (Wildman–Crippen LogP) is 12.8. The molecular formula is C42H76O3. The maximum atomic E-state index is 12.3. The predicted molar refractivity (Wildman–Crippen MR) is 194 cm³/mol. The first-order chi connectivity index (χ1) is 21.8. The Bertz CT molecular complexity index is 843. The number of hydrogen-bond donors (Lipinski definition) is 1. The van der Waals surface area contributed by atoms with Crippen molar-refractivity contribution in [3.8, 4) is 0 Å². The smallest absolute Gasteiger partial charge is 0.306 e. The van der Waals surface area contributed by atoms with Crippen molar-refractivity contribution in [3.63, 3.8) is 0 Å². The quantitative estimate of drug-likeness (QED) is 0.0589. The van der Waals surface area contributed by atoms with E-state index in [4.69, 9.17) is 4.74 Å². The van der Waals surface area contributed by atoms with Gasteiger partial charge in [0, 0.05) is 6.42 Å². The van der Waals surface area contributed by atoms with Crippen LogP contribution in [-0.4, -0.2) is 24.3 Å². The van der Waals surface area contributed by atoms with E-state index in [1.54, 1.807) is 5.57 Å². The molecule has 1 saturated carbocycles. The minimum Gasteiger partial charge on any atom is -0.461 e. The second kappa shape index (κ2) is 23.3. The molecule has 262 valence electrons. The van der Waals surface area contributed by atoms with E-state index < -0.39 is 0 Å². The van der Waals surface area contributed by atoms with E-state index in [0.717, 1.165) is 31.3 Å². The van der Waals surface area contributed by atoms with Crippen molar-refractivity contribution < 1.29 is 14.6 Å². The van der Waals surface area contributed by atoms with Crippen LogP contribution >= 0.6 is 0 Å². The number of aliphatic hydroxyl groups excluding tert-OH is 1. The Hall–Kier alpha value is -1.09. The number of aliphatic hydroxyl groups is 1. The van der Waals surface area contributed by atoms with Crippen LogP contribution in [0.4, 0.5) is 0 Å². The van der Waals surface area contributed by atoms with Crippen molar-refractivity contribution in [3.05, 3.63) is 23.3 Å². The Kier molecular flexibility index (Phi) is 20.7. The molecule has 0 aromatic carbocycles. The van der Waals surface area contributed by atoms with Gasteiger partial charge in [0.1, 0.15) is 6.61 Å². The second-order valence-electron chi connectivity index (χ2n) is 15.7. The molecule has 4 atom stereocenters. The summed E-state index contributed by atoms with van der Waals surface area (Å²) in [7, 11) is 0. The molecule has 2 aliphatic carbocycles. The Labute approximate surface area is 280 Å². The third-order valence-electron chi connectivity index (χ3n) is 12.4. The summed E-state index contributed by atoms with van der Waals surface area (Å²) in [6.07, 6.45) is 37.8. The third-order valence-corrected chi connectivity index (χ3v) is 12.4. The zero-order valence-corrected chi connectivity index (χ0v) is 30.9. The largest absolute Gasteiger partial charge is 0.461 e. The summed E-state index contributed by atoms with van der Waals surface area (Å²) < 4.78 is 5.53. The maximum Gasteiger partial charge on any atom is 0.306 e. The van der Waals surface area contributed by atoms with E-state index in [-0.39, 0.29) is 18.0 Å². The molecule has 0 bridgehead atoms. The number of hydrogen-bond acceptors (Lipinski definition) is 3. The fraction of sp³-hybridized carbons (Fsp3) is 0.881. The zero-order chi connectivity index (χ0) is 32.8. The van der Waals surface area contributed by atoms with Crippen molar-refractivity contribution >= 4 is 5.97 Å². The van der Waals surface area contributed by atoms with Crippen molar-refractivity contribution in [1.29, 1.82) is 0 Å². The number of ether oxygens (including phenoxy) is 1. The number of unbranched alkanes of at least 4 members (excludes halogenated alkanes) is 18. The van der Waals surface area contributed by atoms with Crippen LogP contribution in [0.3, 0.4) is 0 Å². The van der Waals surface area contributed by atoms with Crippen LogP contribution in [0.15, 0.2) is 23.3 Å². The van der Waals surface area contributed by atoms with Crippen LogP contribution in [0.5, 0.6) is 0 Å². The molecule has 0 radical (unpaired) electrons. The van der Waals surface area contributed by atoms with Gasteiger partial charge in [-0.05, 0) is 86.2 Å². The molecule has 0 heterocycles. The van der Waals surface area contributed by atoms with Crippen LogP contribution in [-0.2, 0) is 9.53 Å². The molecule has 0 aromatic heterocycles. The van der Waals surface area contributed by atoms with Gasteiger partial charge in [0.25, 0.3) is 0 Å². The molecule has 1 fully saturated rings. The van der Waals surface area contributed by atoms with Crippen LogP contribution in [0.1, 0.15) is 202 Å². The third kappa shape index (κ3) is 14.7. The highest BCUT2D eigenvalue weighted by atomic mass is 16.5. The van der Waals surface area contributed by atoms with E-state index in [0.29, 0.717) is 30.3 Å². The van der Waals surface area contributed by atoms with Gasteiger partial charge in [-0.2, -0.15) is 0 Å². The van der Waals surface area contributed by atoms with Gasteiger partial charge >= 0.3 is 5.97 Å². The molecule has 45 heavy (non-hydrogen) atoms. The lowest BCUT2D eigenvalue weighted by atomic mass is 9.47. The van der Waals surface area contributed by atoms with Gasteiger partial charge in [0.2, 0.25) is 0 Å². The molecule has 0 spiro atoms. The molecule has 0 amide bonds. The molecule has 3 nitrogen and oxygen atoms in total. The Morgan fingerprint density at radius 3 is 1.84 bits per heavy atom. The van der Waals surface area contributed by atoms with Crippen molar-refractivity contribution in [2.75, 3.05) is 13.2 Å². The highest BCUT2D eigenvalue weighted by molar-refractivity contribution is 5.69. The van der Waals surface area contributed by atoms with Gasteiger partial charge in [-0.15, -0.1) is 0 Å². The Morgan fingerprint density at radius 1 is 0.822 bits per heavy atom. The van der Waals surface area contributed by atoms with Gasteiger partial charge in [-0.3, -0.25) is 4.79 Å². The molecule has 2 aliphatic rings. The first-order valence-corrected chi connectivity index (χ1v) is 19.9. The zero-order valence-electron chi connectivity index (χ0n) is 30.9. The van der Waals surface area contributed by atoms with Gasteiger partial charge < -0.3 is 9.84 Å². The number of fused-ring (bicyclic) bond motifs is 1. The lowest BCUT2D eigenvalue weighted by molar-refractivity contribution is -0.142. The topological polar surface area (TPSA) is 46.5 Å². The summed E-state index contributed by atoms with van der Waals surface area (Å²) in [5.41, 5.74) is 3.21. The minimum absolute atomic E-state index is 0.0577. The molecule has 0 aliphatic heterocycles. The summed E-state index contributed by atoms with van der Waals surface area (Å²) in [4.78, 5) is 12.3. The number of carbonyl (C=O) groups excluding carboxylic acids is 1. The summed E-state index contributed by atoms with van der Waals surface area (Å²) in [5, 5.41) is 10.1. The number of esters is 1. The lowest BCUT2D eigenvalue weighted by Crippen LogP contribution is -2.49. The van der Waals surface area contributed by atoms with Gasteiger partial charge in [-0.1, -0.05) is 155 Å². The standard InChI is InChI=1S/C42H76O3/c1-6-7-8-9-10-11-12-13-14-15-16-17-18-19-20-21-22-23-24-28-40(44)45-34-31-38(35-43)30-33-42(5)37(3)29-32-41(4)36(2)26-25-27-39(41)42/h26,31,37,39,43H,6-25,27-30,32-35H2,1-5H3/b38-31+/t37-,39+,41+,42+/m1/s1. The minimum atomic E-state index is -0.0939. The van der Waals surface area contributed by atoms with Gasteiger partial charge in [-0.25, -0.2) is 0 Å². The highest BCUT2D eigenvalue weighted by Gasteiger charge is 2.52. The van der Waals surface area contributed by atoms with E-state index in [9.17, 15) is 9.90 Å². The van der Waals surface area contributed by atoms with Crippen LogP contribution in [0.2, 0.25) is 0 Å². The van der Waals surface area contributed by atoms with Crippen molar-refractivity contribution in [2.45, 2.75) is 202 Å². The van der Waals surface area contributed by atoms with E-state index in [2.05, 4.69) is 40.7 Å². The van der Waals surface area contributed by atoms with Crippen molar-refractivity contribution in [2.24, 2.45) is 22.7 Å². The highest BCUT2D eigenvalue weighted by Crippen LogP contribution is 2.61. The first-order valence-electron chi connectivity index (χ1n) is 19.9. The number of carbonyl (C=O) groups is 1. The van der Waals surface area contributed by atoms with E-state index in [1.165, 1.54) is 135 Å². The average Bonchev–Trinajstić information content (AvgIpc) is 3.03. The lowest BCUT2D eigenvalue weighted by Gasteiger charge is -2.58. The van der Waals surface area contributed by atoms with Gasteiger partial charge in [0.05, 0.1) is 6.61 Å². The molecular weight excluding hydrogens is 552 g/mol. The SMILES string of the molecule is CCCCCCCCCCCCCCCCCCCCCC(=O)OC/C=C(/CO)CC[C@@]1(C)[C@H](C)CC[C@@]2(C)C(C)=CCC[C@H]12. The number of allylic oxidation sites excluding steroid dienone is 2. The molecule has 2 rings (SSSR count). The van der Waals surface area contributed by atoms with Crippen LogP contribution < -0.4 is 0 Å². The normalized spacial score (nSPS) is 25.2. The second-order valence-corrected chi connectivity index (χ2v) is 15.7. The molecule has 0 aromatic rings. The fourth-order valence-corrected chi connectivity index (χ4v) is 8.68. The van der Waals surface area contributed by atoms with Crippen LogP contribution in [0, 0.1) is 22.7 Å². The van der Waals surface area contributed by atoms with E-state index in [1.807, 2.05) is 6.08 Å². The molecule has 1 N–H and O–H groups in total. The summed E-state index contributed by atoms with van der Waals surface area (Å²) in [6.45, 7) is 12.4. The van der Waals surface area contributed by atoms with Crippen LogP contribution in [0.25, 0.3) is 0 Å². The van der Waals surface area contributed by atoms with Crippen molar-refractivity contribution in [1.82, 2.24) is 0 Å². The molecule has 3 heteroatoms. The Morgan fingerprint density at radius 2 is 1.33 bits per heavy atom. The van der Waals surface area contributed by atoms with Gasteiger partial charge in [0.15, 0.2) is 0 Å². The summed E-state index contributed by atoms with van der Waals surface area (Å²) >= 11 is 0. The summed E-state index contributed by atoms with van der Waals surface area (Å²) in [6, 6.07) is 0. The maximum absolute atomic E-state index is 12.3. The molecule has 0 saturated heterocycles. The molecule has 0 unspecified atom stereocenters.